The van der Waals surface area contributed by atoms with E-state index in [1.54, 1.807) is 70.2 Å². The molecule has 3 aromatic rings. The molecule has 0 saturated carbocycles. The molecule has 1 N–H and O–H groups in total. The van der Waals surface area contributed by atoms with E-state index in [-0.39, 0.29) is 17.1 Å². The summed E-state index contributed by atoms with van der Waals surface area (Å²) in [6.45, 7) is 15.5. The second-order valence-electron chi connectivity index (χ2n) is 10.0. The molecule has 0 fully saturated rings. The van der Waals surface area contributed by atoms with E-state index in [1.165, 1.54) is 25.1 Å². The molecule has 0 aliphatic heterocycles. The van der Waals surface area contributed by atoms with E-state index in [2.05, 4.69) is 13.2 Å². The van der Waals surface area contributed by atoms with Gasteiger partial charge < -0.3 is 19.3 Å². The summed E-state index contributed by atoms with van der Waals surface area (Å²) in [4.78, 5) is 24.7. The predicted molar refractivity (Wildman–Crippen MR) is 144 cm³/mol. The fourth-order valence-corrected chi connectivity index (χ4v) is 3.19. The molecule has 0 bridgehead atoms. The van der Waals surface area contributed by atoms with Gasteiger partial charge in [-0.25, -0.2) is 9.18 Å². The lowest BCUT2D eigenvalue weighted by Crippen LogP contribution is -2.26. The molecule has 38 heavy (non-hydrogen) atoms. The van der Waals surface area contributed by atoms with E-state index in [4.69, 9.17) is 14.2 Å². The monoisotopic (exact) mass is 518 g/mol. The van der Waals surface area contributed by atoms with Gasteiger partial charge in [0.15, 0.2) is 11.5 Å². The average molecular weight is 519 g/mol. The summed E-state index contributed by atoms with van der Waals surface area (Å²) >= 11 is 0. The molecule has 3 aromatic carbocycles. The van der Waals surface area contributed by atoms with Crippen LogP contribution in [0.15, 0.2) is 85.0 Å². The Morgan fingerprint density at radius 3 is 2.13 bits per heavy atom. The van der Waals surface area contributed by atoms with Gasteiger partial charge in [-0.2, -0.15) is 0 Å². The van der Waals surface area contributed by atoms with E-state index in [1.807, 2.05) is 0 Å². The molecule has 7 heteroatoms. The first kappa shape index (κ1) is 28.3. The molecular weight excluding hydrogens is 487 g/mol. The minimum atomic E-state index is -1.17. The molecule has 1 atom stereocenters. The average Bonchev–Trinajstić information content (AvgIpc) is 2.84. The van der Waals surface area contributed by atoms with Crippen molar-refractivity contribution in [3.63, 3.8) is 0 Å². The highest BCUT2D eigenvalue weighted by Gasteiger charge is 2.26. The second-order valence-corrected chi connectivity index (χ2v) is 10.0. The molecular formula is C31H31FO6. The van der Waals surface area contributed by atoms with Crippen LogP contribution >= 0.6 is 0 Å². The third-order valence-corrected chi connectivity index (χ3v) is 5.43. The van der Waals surface area contributed by atoms with Crippen LogP contribution in [-0.4, -0.2) is 23.3 Å². The van der Waals surface area contributed by atoms with Crippen LogP contribution in [0.2, 0.25) is 0 Å². The lowest BCUT2D eigenvalue weighted by molar-refractivity contribution is -0.143. The maximum absolute atomic E-state index is 15.3. The first-order chi connectivity index (χ1) is 17.8. The summed E-state index contributed by atoms with van der Waals surface area (Å²) < 4.78 is 31.6. The van der Waals surface area contributed by atoms with E-state index in [0.717, 1.165) is 0 Å². The van der Waals surface area contributed by atoms with Crippen molar-refractivity contribution in [1.82, 2.24) is 0 Å². The molecule has 0 amide bonds. The Morgan fingerprint density at radius 2 is 1.53 bits per heavy atom. The van der Waals surface area contributed by atoms with Crippen molar-refractivity contribution in [1.29, 1.82) is 0 Å². The van der Waals surface area contributed by atoms with Gasteiger partial charge in [-0.3, -0.25) is 4.79 Å². The van der Waals surface area contributed by atoms with Crippen molar-refractivity contribution in [3.8, 4) is 39.5 Å². The summed E-state index contributed by atoms with van der Waals surface area (Å²) in [5.74, 6) is -1.24. The first-order valence-electron chi connectivity index (χ1n) is 11.9. The number of halogens is 1. The summed E-state index contributed by atoms with van der Waals surface area (Å²) in [6, 6.07) is 16.0. The maximum atomic E-state index is 15.3. The highest BCUT2D eigenvalue weighted by molar-refractivity contribution is 5.90. The molecule has 3 rings (SSSR count). The lowest BCUT2D eigenvalue weighted by atomic mass is 9.97. The lowest BCUT2D eigenvalue weighted by Gasteiger charge is -2.18. The zero-order valence-corrected chi connectivity index (χ0v) is 22.1. The van der Waals surface area contributed by atoms with E-state index in [0.29, 0.717) is 33.6 Å². The van der Waals surface area contributed by atoms with Crippen LogP contribution < -0.4 is 14.2 Å². The van der Waals surface area contributed by atoms with Crippen LogP contribution in [0.1, 0.15) is 34.6 Å². The minimum absolute atomic E-state index is 0.0125. The largest absolute Gasteiger partial charge is 0.461 e. The van der Waals surface area contributed by atoms with Gasteiger partial charge in [-0.15, -0.1) is 0 Å². The van der Waals surface area contributed by atoms with Crippen molar-refractivity contribution >= 4 is 11.9 Å². The molecule has 0 spiro atoms. The van der Waals surface area contributed by atoms with Crippen LogP contribution in [0.25, 0.3) is 22.3 Å². The highest BCUT2D eigenvalue weighted by Crippen LogP contribution is 2.36. The van der Waals surface area contributed by atoms with Gasteiger partial charge in [-0.1, -0.05) is 43.5 Å². The molecule has 0 saturated heterocycles. The Hall–Kier alpha value is -4.23. The third-order valence-electron chi connectivity index (χ3n) is 5.43. The van der Waals surface area contributed by atoms with Crippen LogP contribution in [0.5, 0.6) is 17.2 Å². The number of hydrogen-bond donors (Lipinski definition) is 1. The molecule has 0 radical (unpaired) electrons. The second kappa shape index (κ2) is 11.4. The standard InChI is InChI=1S/C31H31FO6/c1-18(2)28(33)36-23-10-8-9-22(15-23)24-13-11-20(16-25(24)32)21-12-14-26(38-30(35)31(5,6)7)27(17-21)37-29(34)19(3)4/h8-17,28,33H,1,3H2,2,4-7H3. The van der Waals surface area contributed by atoms with Crippen LogP contribution in [0, 0.1) is 11.2 Å². The summed E-state index contributed by atoms with van der Waals surface area (Å²) in [7, 11) is 0. The normalized spacial score (nSPS) is 11.9. The van der Waals surface area contributed by atoms with Gasteiger partial charge >= 0.3 is 11.9 Å². The topological polar surface area (TPSA) is 82.1 Å². The molecule has 0 heterocycles. The number of carbonyl (C=O) groups excluding carboxylic acids is 2. The van der Waals surface area contributed by atoms with Crippen LogP contribution in [0.4, 0.5) is 4.39 Å². The SMILES string of the molecule is C=C(C)C(=O)Oc1cc(-c2ccc(-c3cccc(OC(O)C(=C)C)c3)c(F)c2)ccc1OC(=O)C(C)(C)C. The zero-order chi connectivity index (χ0) is 28.2. The highest BCUT2D eigenvalue weighted by atomic mass is 19.1. The Labute approximate surface area is 222 Å². The summed E-state index contributed by atoms with van der Waals surface area (Å²) in [5.41, 5.74) is 1.77. The third kappa shape index (κ3) is 6.95. The summed E-state index contributed by atoms with van der Waals surface area (Å²) in [6.07, 6.45) is -1.17. The Bertz CT molecular complexity index is 1400. The van der Waals surface area contributed by atoms with Gasteiger partial charge in [-0.05, 0) is 87.2 Å². The van der Waals surface area contributed by atoms with Crippen LogP contribution in [0.3, 0.4) is 0 Å². The number of ether oxygens (including phenoxy) is 3. The number of rotatable bonds is 8. The number of carbonyl (C=O) groups is 2. The van der Waals surface area contributed by atoms with Crippen molar-refractivity contribution in [2.45, 2.75) is 40.9 Å². The van der Waals surface area contributed by atoms with E-state index < -0.39 is 29.5 Å². The first-order valence-corrected chi connectivity index (χ1v) is 11.9. The van der Waals surface area contributed by atoms with Crippen molar-refractivity contribution < 1.29 is 33.3 Å². The van der Waals surface area contributed by atoms with Gasteiger partial charge in [0, 0.05) is 11.1 Å². The summed E-state index contributed by atoms with van der Waals surface area (Å²) in [5, 5.41) is 9.91. The number of aliphatic hydroxyl groups is 1. The molecule has 1 unspecified atom stereocenters. The number of hydrogen-bond acceptors (Lipinski definition) is 6. The van der Waals surface area contributed by atoms with Crippen molar-refractivity contribution in [3.05, 3.63) is 90.8 Å². The minimum Gasteiger partial charge on any atom is -0.461 e. The molecule has 0 aliphatic carbocycles. The number of esters is 2. The molecule has 0 aliphatic rings. The van der Waals surface area contributed by atoms with Crippen molar-refractivity contribution in [2.75, 3.05) is 0 Å². The maximum Gasteiger partial charge on any atom is 0.338 e. The fraction of sp³-hybridized carbons (Fsp3) is 0.226. The predicted octanol–water partition coefficient (Wildman–Crippen LogP) is 6.87. The van der Waals surface area contributed by atoms with Gasteiger partial charge in [0.1, 0.15) is 11.6 Å². The van der Waals surface area contributed by atoms with Gasteiger partial charge in [0.2, 0.25) is 6.29 Å². The van der Waals surface area contributed by atoms with Gasteiger partial charge in [0.05, 0.1) is 5.41 Å². The number of aliphatic hydroxyl groups excluding tert-OH is 1. The van der Waals surface area contributed by atoms with E-state index >= 15 is 4.39 Å². The molecule has 198 valence electrons. The smallest absolute Gasteiger partial charge is 0.338 e. The van der Waals surface area contributed by atoms with E-state index in [9.17, 15) is 14.7 Å². The Balaban J connectivity index is 1.96. The number of benzene rings is 3. The quantitative estimate of drug-likeness (QED) is 0.115. The molecule has 0 aromatic heterocycles. The fourth-order valence-electron chi connectivity index (χ4n) is 3.19. The molecule has 6 nitrogen and oxygen atoms in total. The van der Waals surface area contributed by atoms with Gasteiger partial charge in [0.25, 0.3) is 0 Å². The van der Waals surface area contributed by atoms with Crippen LogP contribution in [-0.2, 0) is 9.59 Å². The Kier molecular flexibility index (Phi) is 8.53. The zero-order valence-electron chi connectivity index (χ0n) is 22.1. The van der Waals surface area contributed by atoms with Crippen molar-refractivity contribution in [2.24, 2.45) is 5.41 Å². The Morgan fingerprint density at radius 1 is 0.868 bits per heavy atom.